The van der Waals surface area contributed by atoms with Crippen LogP contribution in [0.2, 0.25) is 0 Å². The van der Waals surface area contributed by atoms with Crippen LogP contribution in [-0.4, -0.2) is 162 Å². The van der Waals surface area contributed by atoms with Crippen molar-refractivity contribution in [2.45, 2.75) is 137 Å². The first-order valence-corrected chi connectivity index (χ1v) is 39.5. The zero-order valence-corrected chi connectivity index (χ0v) is 66.5. The Balaban J connectivity index is 0.000000119. The SMILES string of the molecule is C=CCn1nc(Nc2cccc(-c3cnn(C)c3)c2)c2c1CCN(C(C)O)C2.CC(=O)N1CCc2c(c(Nc3ccc(Br)cc3)nn2CC2CC2)C1.CC(=O)N1CCc2c(c(Nc3cccc(-c4cnn(C)c4)c3)nn2CC2CC2(F)F)C1.CC(=O)N1CCc2c(c(Nc3cccc(-c4cnn(C)c4)c3)nn2CC2COC2)C1. The van der Waals surface area contributed by atoms with E-state index in [1.165, 1.54) is 35.5 Å². The topological polar surface area (TPSA) is 266 Å². The molecule has 2 unspecified atom stereocenters. The van der Waals surface area contributed by atoms with Crippen LogP contribution < -0.4 is 21.3 Å². The fraction of sp³-hybridized carbons (Fsp3) is 0.398. The number of hydrogen-bond donors (Lipinski definition) is 5. The Hall–Kier alpha value is -11.1. The van der Waals surface area contributed by atoms with Crippen LogP contribution in [-0.2, 0) is 118 Å². The van der Waals surface area contributed by atoms with E-state index in [-0.39, 0.29) is 30.7 Å². The number of amides is 3. The number of benzene rings is 4. The van der Waals surface area contributed by atoms with Gasteiger partial charge in [-0.15, -0.1) is 6.58 Å². The molecule has 12 heterocycles. The largest absolute Gasteiger partial charge is 0.381 e. The predicted molar refractivity (Wildman–Crippen MR) is 433 cm³/mol. The molecule has 18 rings (SSSR count). The molecule has 5 N–H and O–H groups in total. The Morgan fingerprint density at radius 1 is 0.531 bits per heavy atom. The van der Waals surface area contributed by atoms with Crippen molar-refractivity contribution in [3.8, 4) is 33.4 Å². The van der Waals surface area contributed by atoms with E-state index in [2.05, 4.69) is 103 Å². The molecule has 27 nitrogen and oxygen atoms in total. The molecule has 4 aromatic carbocycles. The number of aliphatic hydroxyl groups is 1. The molecule has 7 aliphatic rings. The summed E-state index contributed by atoms with van der Waals surface area (Å²) in [4.78, 5) is 43.3. The number of allylic oxidation sites excluding steroid dienone is 1. The van der Waals surface area contributed by atoms with Gasteiger partial charge in [0, 0.05) is 239 Å². The Bertz CT molecular complexity index is 5270. The van der Waals surface area contributed by atoms with Gasteiger partial charge in [-0.1, -0.05) is 58.4 Å². The maximum absolute atomic E-state index is 13.5. The van der Waals surface area contributed by atoms with Gasteiger partial charge in [0.2, 0.25) is 17.7 Å². The summed E-state index contributed by atoms with van der Waals surface area (Å²) in [5, 5.41) is 55.7. The van der Waals surface area contributed by atoms with Gasteiger partial charge in [0.15, 0.2) is 23.3 Å². The van der Waals surface area contributed by atoms with E-state index in [0.29, 0.717) is 57.4 Å². The van der Waals surface area contributed by atoms with Gasteiger partial charge in [0.1, 0.15) is 6.23 Å². The van der Waals surface area contributed by atoms with Gasteiger partial charge in [-0.25, -0.2) is 8.78 Å². The third-order valence-corrected chi connectivity index (χ3v) is 22.5. The number of fused-ring (bicyclic) bond motifs is 4. The molecule has 0 spiro atoms. The molecule has 3 fully saturated rings. The summed E-state index contributed by atoms with van der Waals surface area (Å²) >= 11 is 3.46. The van der Waals surface area contributed by atoms with Crippen LogP contribution in [0.25, 0.3) is 33.4 Å². The Morgan fingerprint density at radius 2 is 0.903 bits per heavy atom. The van der Waals surface area contributed by atoms with Crippen LogP contribution in [0, 0.1) is 17.8 Å². The van der Waals surface area contributed by atoms with E-state index in [4.69, 9.17) is 20.0 Å². The number of aliphatic hydroxyl groups excluding tert-OH is 1. The van der Waals surface area contributed by atoms with Gasteiger partial charge < -0.3 is 45.8 Å². The quantitative estimate of drug-likeness (QED) is 0.0444. The fourth-order valence-electron chi connectivity index (χ4n) is 15.2. The molecule has 2 atom stereocenters. The minimum absolute atomic E-state index is 0.00310. The summed E-state index contributed by atoms with van der Waals surface area (Å²) in [5.74, 6) is 1.44. The Morgan fingerprint density at radius 3 is 1.26 bits per heavy atom. The summed E-state index contributed by atoms with van der Waals surface area (Å²) in [6, 6.07) is 32.5. The molecular weight excluding hydrogens is 1500 g/mol. The molecule has 30 heteroatoms. The first-order chi connectivity index (χ1) is 54.5. The number of rotatable bonds is 20. The van der Waals surface area contributed by atoms with Crippen molar-refractivity contribution in [2.24, 2.45) is 38.9 Å². The van der Waals surface area contributed by atoms with E-state index >= 15 is 0 Å². The van der Waals surface area contributed by atoms with Gasteiger partial charge in [-0.3, -0.25) is 52.1 Å². The number of alkyl halides is 2. The number of anilines is 8. The number of halogens is 3. The molecule has 0 radical (unpaired) electrons. The van der Waals surface area contributed by atoms with Crippen LogP contribution in [0.15, 0.2) is 151 Å². The highest BCUT2D eigenvalue weighted by Gasteiger charge is 2.57. The number of nitrogens with zero attached hydrogens (tertiary/aromatic N) is 18. The molecule has 7 aromatic heterocycles. The lowest BCUT2D eigenvalue weighted by molar-refractivity contribution is -0.130. The number of hydrogen-bond acceptors (Lipinski definition) is 17. The first kappa shape index (κ1) is 77.2. The van der Waals surface area contributed by atoms with Gasteiger partial charge in [0.05, 0.1) is 64.5 Å². The van der Waals surface area contributed by atoms with Crippen LogP contribution >= 0.6 is 15.9 Å². The smallest absolute Gasteiger partial charge is 0.253 e. The second-order valence-electron chi connectivity index (χ2n) is 30.5. The summed E-state index contributed by atoms with van der Waals surface area (Å²) in [6.45, 7) is 20.1. The Labute approximate surface area is 663 Å². The second-order valence-corrected chi connectivity index (χ2v) is 31.4. The van der Waals surface area contributed by atoms with E-state index < -0.39 is 18.1 Å². The van der Waals surface area contributed by atoms with Crippen molar-refractivity contribution in [1.82, 2.24) is 88.1 Å². The zero-order valence-electron chi connectivity index (χ0n) is 64.9. The van der Waals surface area contributed by atoms with Gasteiger partial charge in [0.25, 0.3) is 5.92 Å². The number of aryl methyl sites for hydroxylation is 3. The molecule has 1 saturated heterocycles. The van der Waals surface area contributed by atoms with Gasteiger partial charge in [-0.05, 0) is 103 Å². The van der Waals surface area contributed by atoms with Crippen molar-refractivity contribution < 1.29 is 33.0 Å². The van der Waals surface area contributed by atoms with Crippen molar-refractivity contribution >= 4 is 79.7 Å². The number of nitrogens with one attached hydrogen (secondary N) is 4. The molecule has 0 bridgehead atoms. The molecule has 113 heavy (non-hydrogen) atoms. The van der Waals surface area contributed by atoms with Crippen molar-refractivity contribution in [3.05, 3.63) is 196 Å². The second kappa shape index (κ2) is 33.3. The van der Waals surface area contributed by atoms with E-state index in [0.717, 1.165) is 172 Å². The molecule has 2 aliphatic carbocycles. The fourth-order valence-corrected chi connectivity index (χ4v) is 15.5. The highest BCUT2D eigenvalue weighted by molar-refractivity contribution is 9.10. The van der Waals surface area contributed by atoms with Crippen molar-refractivity contribution in [1.29, 1.82) is 0 Å². The van der Waals surface area contributed by atoms with Crippen molar-refractivity contribution in [2.75, 3.05) is 60.7 Å². The normalized spacial score (nSPS) is 16.9. The van der Waals surface area contributed by atoms with Crippen LogP contribution in [0.5, 0.6) is 0 Å². The van der Waals surface area contributed by atoms with Crippen LogP contribution in [0.3, 0.4) is 0 Å². The number of carbonyl (C=O) groups is 3. The summed E-state index contributed by atoms with van der Waals surface area (Å²) in [6.07, 6.45) is 18.6. The average Bonchev–Trinajstić information content (AvgIpc) is 1.61. The van der Waals surface area contributed by atoms with E-state index in [1.54, 1.807) is 50.6 Å². The molecule has 2 saturated carbocycles. The molecule has 3 amide bonds. The maximum atomic E-state index is 13.5. The number of ether oxygens (including phenoxy) is 1. The molecule has 11 aromatic rings. The summed E-state index contributed by atoms with van der Waals surface area (Å²) < 4.78 is 46.8. The third-order valence-electron chi connectivity index (χ3n) is 21.9. The van der Waals surface area contributed by atoms with Crippen LogP contribution in [0.1, 0.15) is 92.0 Å². The van der Waals surface area contributed by atoms with Gasteiger partial charge >= 0.3 is 0 Å². The molecular formula is C83H97BrF2N22O5. The molecule has 5 aliphatic heterocycles. The first-order valence-electron chi connectivity index (χ1n) is 38.7. The summed E-state index contributed by atoms with van der Waals surface area (Å²) in [7, 11) is 5.70. The lowest BCUT2D eigenvalue weighted by Gasteiger charge is -2.29. The number of carbonyl (C=O) groups excluding carboxylic acids is 3. The standard InChI is InChI=1S/C22H24F2N6O.C22H26N6O2.C21H26N6O.C18H21BrN4O/c1-14(31)29-7-6-20-19(13-29)21(27-30(20)12-17-9-22(17,23)24)26-18-5-3-4-15(8-18)16-10-25-28(2)11-16;1-15(29)27-7-6-21-20(12-27)22(25-28(21)10-16-13-30-14-16)24-19-5-3-4-17(8-19)18-9-23-26(2)11-18;1-4-9-27-20-8-10-26(15(2)28)14-19(20)21(24-27)23-18-7-5-6-16(11-18)17-12-22-25(3)13-17;1-12(24)22-9-8-17-16(11-22)18(21-23(17)10-13-2-3-13)20-15-6-4-14(19)5-7-15/h3-5,8,10-11,17H,6-7,9,12-13H2,1-2H3,(H,26,27);3-5,8-9,11,16H,6-7,10,12-14H2,1-2H3,(H,24,25);4-7,11-13,15,28H,1,8-10,14H2,2-3H3,(H,23,24);4-7,13H,2-3,8-11H2,1H3,(H,20,21). The maximum Gasteiger partial charge on any atom is 0.253 e. The lowest BCUT2D eigenvalue weighted by Crippen LogP contribution is -2.37. The monoisotopic (exact) mass is 1600 g/mol. The third kappa shape index (κ3) is 18.2. The van der Waals surface area contributed by atoms with Gasteiger partial charge in [-0.2, -0.15) is 35.7 Å². The summed E-state index contributed by atoms with van der Waals surface area (Å²) in [5.41, 5.74) is 19.1. The highest BCUT2D eigenvalue weighted by Crippen LogP contribution is 2.50. The predicted octanol–water partition coefficient (Wildman–Crippen LogP) is 12.8. The van der Waals surface area contributed by atoms with Crippen LogP contribution in [0.4, 0.5) is 54.8 Å². The average molecular weight is 1600 g/mol. The minimum atomic E-state index is -2.59. The highest BCUT2D eigenvalue weighted by atomic mass is 79.9. The molecule has 590 valence electrons. The van der Waals surface area contributed by atoms with E-state index in [1.807, 2.05) is 152 Å². The zero-order chi connectivity index (χ0) is 78.8. The van der Waals surface area contributed by atoms with E-state index in [9.17, 15) is 28.3 Å². The minimum Gasteiger partial charge on any atom is -0.381 e. The number of aromatic nitrogens is 14. The lowest BCUT2D eigenvalue weighted by atomic mass is 10.1. The van der Waals surface area contributed by atoms with Crippen molar-refractivity contribution in [3.63, 3.8) is 0 Å². The Kier molecular flexibility index (Phi) is 22.8.